The number of likely N-dealkylation sites (tertiary alicyclic amines) is 1. The van der Waals surface area contributed by atoms with Crippen molar-refractivity contribution in [3.8, 4) is 0 Å². The van der Waals surface area contributed by atoms with Gasteiger partial charge in [-0.3, -0.25) is 4.79 Å². The predicted octanol–water partition coefficient (Wildman–Crippen LogP) is 2.62. The molecule has 5 heteroatoms. The Morgan fingerprint density at radius 2 is 1.85 bits per heavy atom. The molecule has 20 heavy (non-hydrogen) atoms. The Morgan fingerprint density at radius 1 is 1.30 bits per heavy atom. The zero-order valence-corrected chi connectivity index (χ0v) is 13.2. The lowest BCUT2D eigenvalue weighted by atomic mass is 9.97. The van der Waals surface area contributed by atoms with Gasteiger partial charge in [0.2, 0.25) is 0 Å². The third-order valence-corrected chi connectivity index (χ3v) is 4.02. The fourth-order valence-corrected chi connectivity index (χ4v) is 2.99. The molecule has 1 aromatic rings. The Bertz CT molecular complexity index is 490. The van der Waals surface area contributed by atoms with Crippen molar-refractivity contribution in [2.24, 2.45) is 0 Å². The van der Waals surface area contributed by atoms with Crippen LogP contribution in [0.1, 0.15) is 64.4 Å². The van der Waals surface area contributed by atoms with Crippen LogP contribution in [0.3, 0.4) is 0 Å². The molecular weight excluding hydrogens is 252 g/mol. The summed E-state index contributed by atoms with van der Waals surface area (Å²) in [7, 11) is 0. The van der Waals surface area contributed by atoms with Crippen LogP contribution in [-0.4, -0.2) is 32.7 Å². The predicted molar refractivity (Wildman–Crippen MR) is 80.6 cm³/mol. The van der Waals surface area contributed by atoms with Crippen molar-refractivity contribution in [3.63, 3.8) is 0 Å². The van der Waals surface area contributed by atoms with Crippen LogP contribution in [0.15, 0.2) is 6.07 Å². The van der Waals surface area contributed by atoms with Crippen molar-refractivity contribution in [3.05, 3.63) is 11.8 Å². The average molecular weight is 278 g/mol. The molecule has 2 unspecified atom stereocenters. The first-order valence-electron chi connectivity index (χ1n) is 7.40. The summed E-state index contributed by atoms with van der Waals surface area (Å²) >= 11 is 0. The smallest absolute Gasteiger partial charge is 0.274 e. The lowest BCUT2D eigenvalue weighted by molar-refractivity contribution is 0.0503. The van der Waals surface area contributed by atoms with Gasteiger partial charge in [-0.1, -0.05) is 0 Å². The van der Waals surface area contributed by atoms with Crippen LogP contribution >= 0.6 is 0 Å². The Hall–Kier alpha value is -1.52. The molecule has 2 rings (SSSR count). The average Bonchev–Trinajstić information content (AvgIpc) is 2.70. The summed E-state index contributed by atoms with van der Waals surface area (Å²) in [6.45, 7) is 10.3. The first-order valence-corrected chi connectivity index (χ1v) is 7.40. The number of nitrogen functional groups attached to an aromatic ring is 1. The van der Waals surface area contributed by atoms with E-state index in [-0.39, 0.29) is 23.5 Å². The molecule has 1 aliphatic heterocycles. The highest BCUT2D eigenvalue weighted by molar-refractivity contribution is 5.93. The maximum atomic E-state index is 12.7. The number of piperidine rings is 1. The van der Waals surface area contributed by atoms with Gasteiger partial charge in [-0.05, 0) is 53.9 Å². The molecule has 1 amide bonds. The number of nitrogens with two attached hydrogens (primary N) is 1. The summed E-state index contributed by atoms with van der Waals surface area (Å²) in [5, 5.41) is 4.43. The summed E-state index contributed by atoms with van der Waals surface area (Å²) in [5.41, 5.74) is 6.23. The number of nitrogens with zero attached hydrogens (tertiary/aromatic N) is 3. The van der Waals surface area contributed by atoms with Gasteiger partial charge in [0, 0.05) is 18.2 Å². The summed E-state index contributed by atoms with van der Waals surface area (Å²) in [6, 6.07) is 2.24. The van der Waals surface area contributed by atoms with Crippen LogP contribution in [0.5, 0.6) is 0 Å². The van der Waals surface area contributed by atoms with Gasteiger partial charge in [-0.2, -0.15) is 5.10 Å². The van der Waals surface area contributed by atoms with E-state index in [1.807, 2.05) is 25.7 Å². The van der Waals surface area contributed by atoms with Crippen molar-refractivity contribution in [1.29, 1.82) is 0 Å². The number of anilines is 1. The number of amides is 1. The lowest BCUT2D eigenvalue weighted by Gasteiger charge is -2.38. The third kappa shape index (κ3) is 2.67. The second-order valence-corrected chi connectivity index (χ2v) is 6.88. The highest BCUT2D eigenvalue weighted by Crippen LogP contribution is 2.26. The molecule has 2 N–H and O–H groups in total. The minimum Gasteiger partial charge on any atom is -0.384 e. The van der Waals surface area contributed by atoms with Crippen molar-refractivity contribution in [2.75, 3.05) is 5.73 Å². The standard InChI is InChI=1S/C15H26N4O/c1-10-7-6-8-11(2)18(10)14(20)12-9-13(16)19(17-12)15(3,4)5/h9-11H,6-8,16H2,1-5H3. The first kappa shape index (κ1) is 14.9. The zero-order chi connectivity index (χ0) is 15.1. The molecule has 1 aromatic heterocycles. The monoisotopic (exact) mass is 278 g/mol. The van der Waals surface area contributed by atoms with Gasteiger partial charge in [0.15, 0.2) is 5.69 Å². The second kappa shape index (κ2) is 5.11. The van der Waals surface area contributed by atoms with Gasteiger partial charge < -0.3 is 10.6 Å². The topological polar surface area (TPSA) is 64.2 Å². The molecule has 0 radical (unpaired) electrons. The Labute approximate surface area is 121 Å². The SMILES string of the molecule is CC1CCCC(C)N1C(=O)c1cc(N)n(C(C)(C)C)n1. The molecular formula is C15H26N4O. The molecule has 1 fully saturated rings. The molecule has 0 spiro atoms. The number of hydrogen-bond donors (Lipinski definition) is 1. The number of hydrogen-bond acceptors (Lipinski definition) is 3. The highest BCUT2D eigenvalue weighted by atomic mass is 16.2. The largest absolute Gasteiger partial charge is 0.384 e. The number of rotatable bonds is 1. The summed E-state index contributed by atoms with van der Waals surface area (Å²) < 4.78 is 1.72. The Kier molecular flexibility index (Phi) is 3.80. The van der Waals surface area contributed by atoms with Crippen LogP contribution in [-0.2, 0) is 5.54 Å². The summed E-state index contributed by atoms with van der Waals surface area (Å²) in [4.78, 5) is 14.7. The van der Waals surface area contributed by atoms with Gasteiger partial charge in [0.25, 0.3) is 5.91 Å². The summed E-state index contributed by atoms with van der Waals surface area (Å²) in [5.74, 6) is 0.539. The van der Waals surface area contributed by atoms with E-state index in [1.54, 1.807) is 10.7 Å². The number of carbonyl (C=O) groups is 1. The zero-order valence-electron chi connectivity index (χ0n) is 13.2. The van der Waals surface area contributed by atoms with Crippen molar-refractivity contribution >= 4 is 11.7 Å². The molecule has 112 valence electrons. The fraction of sp³-hybridized carbons (Fsp3) is 0.733. The van der Waals surface area contributed by atoms with Crippen molar-refractivity contribution in [1.82, 2.24) is 14.7 Å². The number of carbonyl (C=O) groups excluding carboxylic acids is 1. The van der Waals surface area contributed by atoms with E-state index in [0.29, 0.717) is 11.5 Å². The van der Waals surface area contributed by atoms with Gasteiger partial charge in [0.1, 0.15) is 5.82 Å². The molecule has 0 saturated carbocycles. The van der Waals surface area contributed by atoms with Gasteiger partial charge >= 0.3 is 0 Å². The van der Waals surface area contributed by atoms with E-state index in [4.69, 9.17) is 5.73 Å². The molecule has 0 aliphatic carbocycles. The van der Waals surface area contributed by atoms with Gasteiger partial charge in [0.05, 0.1) is 5.54 Å². The molecule has 2 atom stereocenters. The van der Waals surface area contributed by atoms with Crippen LogP contribution < -0.4 is 5.73 Å². The molecule has 1 aliphatic rings. The first-order chi connectivity index (χ1) is 9.21. The highest BCUT2D eigenvalue weighted by Gasteiger charge is 2.32. The van der Waals surface area contributed by atoms with Gasteiger partial charge in [-0.15, -0.1) is 0 Å². The fourth-order valence-electron chi connectivity index (χ4n) is 2.99. The molecule has 2 heterocycles. The van der Waals surface area contributed by atoms with Crippen LogP contribution in [0, 0.1) is 0 Å². The van der Waals surface area contributed by atoms with E-state index in [0.717, 1.165) is 12.8 Å². The van der Waals surface area contributed by atoms with E-state index in [1.165, 1.54) is 6.42 Å². The van der Waals surface area contributed by atoms with E-state index in [2.05, 4.69) is 18.9 Å². The minimum absolute atomic E-state index is 0.000556. The second-order valence-electron chi connectivity index (χ2n) is 6.88. The van der Waals surface area contributed by atoms with Crippen molar-refractivity contribution in [2.45, 2.75) is 71.5 Å². The quantitative estimate of drug-likeness (QED) is 0.859. The normalized spacial score (nSPS) is 23.9. The molecule has 1 saturated heterocycles. The molecule has 0 aromatic carbocycles. The molecule has 0 bridgehead atoms. The van der Waals surface area contributed by atoms with Crippen molar-refractivity contribution < 1.29 is 4.79 Å². The Morgan fingerprint density at radius 3 is 2.30 bits per heavy atom. The third-order valence-electron chi connectivity index (χ3n) is 4.02. The van der Waals surface area contributed by atoms with Gasteiger partial charge in [-0.25, -0.2) is 4.68 Å². The minimum atomic E-state index is -0.220. The number of aromatic nitrogens is 2. The maximum Gasteiger partial charge on any atom is 0.274 e. The van der Waals surface area contributed by atoms with Crippen LogP contribution in [0.25, 0.3) is 0 Å². The molecule has 5 nitrogen and oxygen atoms in total. The maximum absolute atomic E-state index is 12.7. The lowest BCUT2D eigenvalue weighted by Crippen LogP contribution is -2.47. The van der Waals surface area contributed by atoms with E-state index >= 15 is 0 Å². The Balaban J connectivity index is 2.29. The van der Waals surface area contributed by atoms with Crippen LogP contribution in [0.4, 0.5) is 5.82 Å². The van der Waals surface area contributed by atoms with Crippen LogP contribution in [0.2, 0.25) is 0 Å². The van der Waals surface area contributed by atoms with E-state index in [9.17, 15) is 4.79 Å². The van der Waals surface area contributed by atoms with E-state index < -0.39 is 0 Å². The summed E-state index contributed by atoms with van der Waals surface area (Å²) in [6.07, 6.45) is 3.31.